The molecule has 0 bridgehead atoms. The first kappa shape index (κ1) is 84.8. The smallest absolute Gasteiger partial charge is 0.322 e. The Labute approximate surface area is 485 Å². The number of unbranched alkanes of at least 4 members (excludes halogenated alkanes) is 2. The first-order valence-corrected chi connectivity index (χ1v) is 29.5. The van der Waals surface area contributed by atoms with Crippen molar-refractivity contribution in [2.45, 2.75) is 231 Å². The van der Waals surface area contributed by atoms with E-state index in [-0.39, 0.29) is 83.8 Å². The molecule has 80 heavy (non-hydrogen) atoms. The Hall–Kier alpha value is -4.05. The largest absolute Gasteiger partial charge is 0.468 e. The molecule has 1 heterocycles. The number of H-pyrrole nitrogens is 1. The average molecular weight is 1150 g/mol. The zero-order valence-electron chi connectivity index (χ0n) is 54.0. The second kappa shape index (κ2) is 49.5. The zero-order chi connectivity index (χ0) is 63.5. The number of carbonyl (C=O) groups is 6. The van der Waals surface area contributed by atoms with Gasteiger partial charge in [-0.1, -0.05) is 143 Å². The third kappa shape index (κ3) is 53.3. The average Bonchev–Trinajstić information content (AvgIpc) is 4.08. The number of hydrogen-bond donors (Lipinski definition) is 7. The number of ketones is 5. The van der Waals surface area contributed by atoms with Gasteiger partial charge in [0, 0.05) is 60.2 Å². The molecule has 1 aromatic rings. The van der Waals surface area contributed by atoms with Crippen LogP contribution in [0, 0.1) is 63.4 Å². The number of carbonyl (C=O) groups excluding carboxylic acids is 6. The topological polar surface area (TPSA) is 343 Å². The molecule has 1 aliphatic carbocycles. The maximum Gasteiger partial charge on any atom is 0.322 e. The first-order chi connectivity index (χ1) is 36.8. The lowest BCUT2D eigenvalue weighted by molar-refractivity contribution is -0.873. The number of Topliss-reactive ketones (excluding diaryl/α,β-unsaturated/α-hetero) is 5. The normalized spacial score (nSPS) is 14.1. The van der Waals surface area contributed by atoms with E-state index in [1.165, 1.54) is 20.0 Å². The lowest BCUT2D eigenvalue weighted by atomic mass is 9.94. The van der Waals surface area contributed by atoms with Gasteiger partial charge in [0.15, 0.2) is 17.3 Å². The number of hydrogen-bond acceptors (Lipinski definition) is 17. The van der Waals surface area contributed by atoms with E-state index in [1.54, 1.807) is 12.5 Å². The highest BCUT2D eigenvalue weighted by Crippen LogP contribution is 2.27. The Morgan fingerprint density at radius 3 is 1.51 bits per heavy atom. The molecule has 1 saturated carbocycles. The molecule has 20 nitrogen and oxygen atoms in total. The Morgan fingerprint density at radius 1 is 0.675 bits per heavy atom. The second-order valence-electron chi connectivity index (χ2n) is 24.9. The van der Waals surface area contributed by atoms with Crippen LogP contribution in [0.3, 0.4) is 0 Å². The van der Waals surface area contributed by atoms with Crippen molar-refractivity contribution in [1.29, 1.82) is 0 Å². The molecule has 2 rings (SSSR count). The SMILES string of the molecule is CC(C)C(=O)C1CCCC1.CC(C)C(=O)C[C@@H](O)C[N+](C)(C)C.CC(C)C(=O)[C@@H](N)CCCCN.CC(C)C(=O)[C@@H](N)Cc1cnc[nH]1.CC(C)CCCCO[N+](=O)[O-].CC(C)C[C@H](N)C(=O)C(C)C.COC(=O)[C@@H](N)CC(C)C. The maximum absolute atomic E-state index is 11.4. The summed E-state index contributed by atoms with van der Waals surface area (Å²) >= 11 is 0. The minimum atomic E-state index is -0.741. The summed E-state index contributed by atoms with van der Waals surface area (Å²) in [4.78, 5) is 87.9. The number of likely N-dealkylation sites (N-methyl/N-ethyl adjacent to an activating group) is 1. The van der Waals surface area contributed by atoms with Gasteiger partial charge in [-0.3, -0.25) is 28.8 Å². The predicted octanol–water partition coefficient (Wildman–Crippen LogP) is 8.38. The van der Waals surface area contributed by atoms with E-state index in [0.29, 0.717) is 59.9 Å². The number of esters is 1. The fraction of sp³-hybridized carbons (Fsp3) is 0.850. The number of nitrogens with two attached hydrogens (primary N) is 5. The molecule has 20 heteroatoms. The first-order valence-electron chi connectivity index (χ1n) is 29.5. The summed E-state index contributed by atoms with van der Waals surface area (Å²) < 4.78 is 5.14. The van der Waals surface area contributed by atoms with Crippen molar-refractivity contribution in [2.24, 2.45) is 81.9 Å². The van der Waals surface area contributed by atoms with Crippen molar-refractivity contribution < 1.29 is 53.0 Å². The number of ether oxygens (including phenoxy) is 1. The lowest BCUT2D eigenvalue weighted by Gasteiger charge is -2.26. The number of rotatable bonds is 30. The summed E-state index contributed by atoms with van der Waals surface area (Å²) in [5, 5.41) is 18.5. The molecule has 0 unspecified atom stereocenters. The highest BCUT2D eigenvalue weighted by atomic mass is 16.9. The van der Waals surface area contributed by atoms with E-state index in [4.69, 9.17) is 28.7 Å². The van der Waals surface area contributed by atoms with E-state index in [1.807, 2.05) is 104 Å². The molecule has 0 amide bonds. The van der Waals surface area contributed by atoms with Crippen LogP contribution < -0.4 is 28.7 Å². The van der Waals surface area contributed by atoms with Gasteiger partial charge in [-0.05, 0) is 69.2 Å². The van der Waals surface area contributed by atoms with Crippen molar-refractivity contribution >= 4 is 34.9 Å². The van der Waals surface area contributed by atoms with Gasteiger partial charge in [0.1, 0.15) is 30.3 Å². The molecule has 1 aromatic heterocycles. The summed E-state index contributed by atoms with van der Waals surface area (Å²) in [6.45, 7) is 33.0. The van der Waals surface area contributed by atoms with Crippen LogP contribution in [0.25, 0.3) is 0 Å². The summed E-state index contributed by atoms with van der Waals surface area (Å²) in [5.41, 5.74) is 28.7. The third-order valence-corrected chi connectivity index (χ3v) is 12.3. The van der Waals surface area contributed by atoms with Gasteiger partial charge >= 0.3 is 5.97 Å². The Kier molecular flexibility index (Phi) is 52.5. The number of aromatic amines is 1. The van der Waals surface area contributed by atoms with Crippen molar-refractivity contribution in [1.82, 2.24) is 9.97 Å². The number of nitrogens with zero attached hydrogens (tertiary/aromatic N) is 3. The molecule has 472 valence electrons. The number of aliphatic hydroxyl groups is 1. The van der Waals surface area contributed by atoms with Gasteiger partial charge in [0.05, 0.1) is 59.3 Å². The van der Waals surface area contributed by atoms with Crippen LogP contribution in [0.4, 0.5) is 0 Å². The summed E-state index contributed by atoms with van der Waals surface area (Å²) in [6.07, 6.45) is 15.5. The minimum Gasteiger partial charge on any atom is -0.468 e. The minimum absolute atomic E-state index is 0.00192. The molecule has 0 aromatic carbocycles. The Balaban J connectivity index is -0.000000274. The van der Waals surface area contributed by atoms with Crippen LogP contribution in [0.2, 0.25) is 0 Å². The molecular formula is C60H122N9O11+. The molecule has 12 N–H and O–H groups in total. The second-order valence-corrected chi connectivity index (χ2v) is 24.9. The molecule has 1 fully saturated rings. The molecule has 0 radical (unpaired) electrons. The fourth-order valence-corrected chi connectivity index (χ4v) is 7.69. The van der Waals surface area contributed by atoms with Gasteiger partial charge < -0.3 is 52.8 Å². The number of aliphatic hydroxyl groups excluding tert-OH is 1. The lowest BCUT2D eigenvalue weighted by Crippen LogP contribution is -2.42. The van der Waals surface area contributed by atoms with Gasteiger partial charge in [-0.25, -0.2) is 4.98 Å². The summed E-state index contributed by atoms with van der Waals surface area (Å²) in [6, 6.07) is -1.41. The van der Waals surface area contributed by atoms with Crippen molar-refractivity contribution in [3.8, 4) is 0 Å². The number of quaternary nitrogens is 1. The van der Waals surface area contributed by atoms with Crippen molar-refractivity contribution in [3.63, 3.8) is 0 Å². The van der Waals surface area contributed by atoms with Gasteiger partial charge in [0.25, 0.3) is 5.09 Å². The fourth-order valence-electron chi connectivity index (χ4n) is 7.69. The van der Waals surface area contributed by atoms with Gasteiger partial charge in [-0.2, -0.15) is 0 Å². The van der Waals surface area contributed by atoms with E-state index in [9.17, 15) is 44.0 Å². The maximum atomic E-state index is 11.4. The van der Waals surface area contributed by atoms with E-state index >= 15 is 0 Å². The van der Waals surface area contributed by atoms with Crippen LogP contribution in [-0.2, 0) is 44.8 Å². The number of aromatic nitrogens is 2. The molecule has 0 spiro atoms. The molecule has 1 aliphatic rings. The van der Waals surface area contributed by atoms with Crippen LogP contribution in [0.1, 0.15) is 200 Å². The standard InChI is InChI=1S/C10H22NO2.C9H15N3O.C9H20N2O.C9H19NO.C9H16O.C7H15NO3.C7H15NO2/c1-8(2)10(13)6-9(12)7-11(3,4)5;1-6(2)9(13)8(10)3-7-4-11-5-12-7;1-7(2)9(12)8(11)5-3-4-6-10;1-6(2)5-8(10)9(11)7(3)4;1-7(2)9(10)8-5-3-4-6-8;1-7(2)5-3-4-6-11-8(9)10;1-5(2)4-6(8)7(9)10-3/h8-9,12H,6-7H2,1-5H3;4-6,8H,3,10H2,1-2H3,(H,11,12);7-8H,3-6,10-11H2,1-2H3;6-8H,5,10H2,1-4H3;7-8H,3-6H2,1-2H3;7H,3-6H2,1-2H3;5-6H,4,8H2,1-3H3/q+1;;;;;;/t9-;3*8-;;;6-/m1000..0/s1. The highest BCUT2D eigenvalue weighted by molar-refractivity contribution is 5.86. The van der Waals surface area contributed by atoms with Crippen LogP contribution in [0.5, 0.6) is 0 Å². The Bertz CT molecular complexity index is 1740. The van der Waals surface area contributed by atoms with Crippen molar-refractivity contribution in [3.05, 3.63) is 28.3 Å². The van der Waals surface area contributed by atoms with Crippen molar-refractivity contribution in [2.75, 3.05) is 47.9 Å². The number of nitrogens with one attached hydrogen (secondary N) is 1. The Morgan fingerprint density at radius 2 is 1.14 bits per heavy atom. The summed E-state index contributed by atoms with van der Waals surface area (Å²) in [5.74, 6) is 3.17. The van der Waals surface area contributed by atoms with E-state index in [2.05, 4.69) is 47.2 Å². The van der Waals surface area contributed by atoms with E-state index in [0.717, 1.165) is 63.5 Å². The molecular weight excluding hydrogens is 1020 g/mol. The van der Waals surface area contributed by atoms with E-state index < -0.39 is 23.3 Å². The van der Waals surface area contributed by atoms with Gasteiger partial charge in [-0.15, -0.1) is 10.1 Å². The monoisotopic (exact) mass is 1140 g/mol. The molecule has 5 atom stereocenters. The number of methoxy groups -OCH3 is 1. The number of imidazole rings is 1. The summed E-state index contributed by atoms with van der Waals surface area (Å²) in [7, 11) is 7.36. The molecule has 0 aliphatic heterocycles. The highest BCUT2D eigenvalue weighted by Gasteiger charge is 2.25. The van der Waals surface area contributed by atoms with Crippen LogP contribution in [-0.4, -0.2) is 138 Å². The third-order valence-electron chi connectivity index (χ3n) is 12.3. The quantitative estimate of drug-likeness (QED) is 0.0125. The van der Waals surface area contributed by atoms with Gasteiger partial charge in [0.2, 0.25) is 0 Å². The van der Waals surface area contributed by atoms with Crippen LogP contribution in [0.15, 0.2) is 12.5 Å². The predicted molar refractivity (Wildman–Crippen MR) is 324 cm³/mol. The van der Waals surface area contributed by atoms with Crippen LogP contribution >= 0.6 is 0 Å². The zero-order valence-corrected chi connectivity index (χ0v) is 54.0. The molecule has 0 saturated heterocycles.